The SMILES string of the molecule is O=C(CCCCCN1C(=O)C=CC1=O)Nc1cccc(S(=O)(=O)O)c1. The van der Waals surface area contributed by atoms with Crippen LogP contribution in [0.15, 0.2) is 41.3 Å². The van der Waals surface area contributed by atoms with E-state index >= 15 is 0 Å². The normalized spacial score (nSPS) is 14.2. The molecule has 1 heterocycles. The number of nitrogens with one attached hydrogen (secondary N) is 1. The van der Waals surface area contributed by atoms with E-state index < -0.39 is 10.1 Å². The van der Waals surface area contributed by atoms with Gasteiger partial charge in [-0.2, -0.15) is 8.42 Å². The van der Waals surface area contributed by atoms with Gasteiger partial charge < -0.3 is 5.32 Å². The lowest BCUT2D eigenvalue weighted by Crippen LogP contribution is -2.30. The summed E-state index contributed by atoms with van der Waals surface area (Å²) in [6.07, 6.45) is 4.51. The maximum atomic E-state index is 11.8. The Morgan fingerprint density at radius 1 is 1.08 bits per heavy atom. The van der Waals surface area contributed by atoms with Crippen LogP contribution in [0, 0.1) is 0 Å². The van der Waals surface area contributed by atoms with Crippen LogP contribution in [0.1, 0.15) is 25.7 Å². The molecule has 0 aliphatic carbocycles. The molecule has 0 radical (unpaired) electrons. The summed E-state index contributed by atoms with van der Waals surface area (Å²) in [5, 5.41) is 2.56. The van der Waals surface area contributed by atoms with Crippen LogP contribution in [-0.2, 0) is 24.5 Å². The van der Waals surface area contributed by atoms with Gasteiger partial charge in [0.25, 0.3) is 21.9 Å². The van der Waals surface area contributed by atoms with Crippen LogP contribution in [0.25, 0.3) is 0 Å². The number of amides is 3. The molecule has 25 heavy (non-hydrogen) atoms. The average molecular weight is 366 g/mol. The molecular weight excluding hydrogens is 348 g/mol. The fourth-order valence-corrected chi connectivity index (χ4v) is 2.87. The molecule has 0 unspecified atom stereocenters. The molecule has 2 N–H and O–H groups in total. The largest absolute Gasteiger partial charge is 0.326 e. The zero-order valence-electron chi connectivity index (χ0n) is 13.3. The number of carbonyl (C=O) groups excluding carboxylic acids is 3. The first kappa shape index (κ1) is 18.8. The van der Waals surface area contributed by atoms with E-state index in [2.05, 4.69) is 5.32 Å². The number of hydrogen-bond acceptors (Lipinski definition) is 5. The molecule has 1 aliphatic rings. The number of hydrogen-bond donors (Lipinski definition) is 2. The third-order valence-electron chi connectivity index (χ3n) is 3.60. The zero-order valence-corrected chi connectivity index (χ0v) is 14.2. The fourth-order valence-electron chi connectivity index (χ4n) is 2.34. The van der Waals surface area contributed by atoms with E-state index in [1.807, 2.05) is 0 Å². The molecule has 0 fully saturated rings. The van der Waals surface area contributed by atoms with Gasteiger partial charge >= 0.3 is 0 Å². The summed E-state index contributed by atoms with van der Waals surface area (Å²) in [5.74, 6) is -0.926. The number of carbonyl (C=O) groups is 3. The molecule has 0 atom stereocenters. The first-order valence-corrected chi connectivity index (χ1v) is 9.12. The van der Waals surface area contributed by atoms with Crippen molar-refractivity contribution in [1.82, 2.24) is 4.90 Å². The van der Waals surface area contributed by atoms with Gasteiger partial charge in [0, 0.05) is 30.8 Å². The van der Waals surface area contributed by atoms with Crippen molar-refractivity contribution in [3.63, 3.8) is 0 Å². The number of rotatable bonds is 8. The van der Waals surface area contributed by atoms with Crippen molar-refractivity contribution >= 4 is 33.5 Å². The van der Waals surface area contributed by atoms with E-state index in [0.717, 1.165) is 4.90 Å². The van der Waals surface area contributed by atoms with Crippen molar-refractivity contribution in [2.45, 2.75) is 30.6 Å². The van der Waals surface area contributed by atoms with Crippen molar-refractivity contribution in [1.29, 1.82) is 0 Å². The summed E-state index contributed by atoms with van der Waals surface area (Å²) in [5.41, 5.74) is 0.277. The predicted molar refractivity (Wildman–Crippen MR) is 89.2 cm³/mol. The van der Waals surface area contributed by atoms with Crippen LogP contribution in [0.2, 0.25) is 0 Å². The Balaban J connectivity index is 1.71. The fraction of sp³-hybridized carbons (Fsp3) is 0.312. The number of benzene rings is 1. The van der Waals surface area contributed by atoms with Crippen molar-refractivity contribution in [3.05, 3.63) is 36.4 Å². The third kappa shape index (κ3) is 5.50. The highest BCUT2D eigenvalue weighted by atomic mass is 32.2. The molecule has 3 amide bonds. The maximum absolute atomic E-state index is 11.8. The molecule has 9 heteroatoms. The molecule has 0 bridgehead atoms. The molecule has 134 valence electrons. The van der Waals surface area contributed by atoms with Crippen molar-refractivity contribution in [2.24, 2.45) is 0 Å². The van der Waals surface area contributed by atoms with Gasteiger partial charge in [0.1, 0.15) is 0 Å². The van der Waals surface area contributed by atoms with E-state index in [1.165, 1.54) is 36.4 Å². The van der Waals surface area contributed by atoms with Crippen LogP contribution >= 0.6 is 0 Å². The first-order chi connectivity index (χ1) is 11.8. The standard InChI is InChI=1S/C16H18N2O6S/c19-14(17-12-5-4-6-13(11-12)25(22,23)24)7-2-1-3-10-18-15(20)8-9-16(18)21/h4-6,8-9,11H,1-3,7,10H2,(H,17,19)(H,22,23,24). The van der Waals surface area contributed by atoms with Crippen LogP contribution in [0.5, 0.6) is 0 Å². The Bertz CT molecular complexity index is 798. The van der Waals surface area contributed by atoms with Gasteiger partial charge in [0.15, 0.2) is 0 Å². The van der Waals surface area contributed by atoms with E-state index in [-0.39, 0.29) is 34.7 Å². The summed E-state index contributed by atoms with van der Waals surface area (Å²) >= 11 is 0. The molecule has 0 aromatic heterocycles. The highest BCUT2D eigenvalue weighted by molar-refractivity contribution is 7.85. The molecule has 0 saturated heterocycles. The molecule has 0 spiro atoms. The van der Waals surface area contributed by atoms with Crippen molar-refractivity contribution in [2.75, 3.05) is 11.9 Å². The van der Waals surface area contributed by atoms with Gasteiger partial charge in [-0.15, -0.1) is 0 Å². The summed E-state index contributed by atoms with van der Waals surface area (Å²) in [6.45, 7) is 0.322. The molecule has 0 saturated carbocycles. The summed E-state index contributed by atoms with van der Waals surface area (Å²) in [7, 11) is -4.32. The van der Waals surface area contributed by atoms with E-state index in [9.17, 15) is 22.8 Å². The van der Waals surface area contributed by atoms with Gasteiger partial charge in [-0.3, -0.25) is 23.8 Å². The Labute approximate surface area is 145 Å². The zero-order chi connectivity index (χ0) is 18.4. The second-order valence-electron chi connectivity index (χ2n) is 5.52. The second-order valence-corrected chi connectivity index (χ2v) is 6.94. The van der Waals surface area contributed by atoms with Gasteiger partial charge in [-0.25, -0.2) is 0 Å². The van der Waals surface area contributed by atoms with E-state index in [4.69, 9.17) is 4.55 Å². The van der Waals surface area contributed by atoms with Crippen LogP contribution < -0.4 is 5.32 Å². The van der Waals surface area contributed by atoms with Gasteiger partial charge in [-0.1, -0.05) is 12.5 Å². The average Bonchev–Trinajstić information content (AvgIpc) is 2.85. The minimum atomic E-state index is -4.32. The number of nitrogens with zero attached hydrogens (tertiary/aromatic N) is 1. The van der Waals surface area contributed by atoms with Gasteiger partial charge in [0.05, 0.1) is 4.90 Å². The van der Waals surface area contributed by atoms with E-state index in [1.54, 1.807) is 0 Å². The Morgan fingerprint density at radius 2 is 1.76 bits per heavy atom. The highest BCUT2D eigenvalue weighted by Gasteiger charge is 2.22. The summed E-state index contributed by atoms with van der Waals surface area (Å²) in [4.78, 5) is 35.4. The Hall–Kier alpha value is -2.52. The topological polar surface area (TPSA) is 121 Å². The number of anilines is 1. The first-order valence-electron chi connectivity index (χ1n) is 7.68. The Morgan fingerprint density at radius 3 is 2.40 bits per heavy atom. The maximum Gasteiger partial charge on any atom is 0.294 e. The Kier molecular flexibility index (Phi) is 6.05. The summed E-state index contributed by atoms with van der Waals surface area (Å²) < 4.78 is 31.1. The molecule has 1 aliphatic heterocycles. The quantitative estimate of drug-likeness (QED) is 0.407. The third-order valence-corrected chi connectivity index (χ3v) is 4.45. The molecule has 1 aromatic rings. The van der Waals surface area contributed by atoms with Crippen LogP contribution in [-0.4, -0.2) is 42.1 Å². The second kappa shape index (κ2) is 8.04. The highest BCUT2D eigenvalue weighted by Crippen LogP contribution is 2.16. The molecular formula is C16H18N2O6S. The molecule has 2 rings (SSSR count). The number of unbranched alkanes of at least 4 members (excludes halogenated alkanes) is 2. The minimum Gasteiger partial charge on any atom is -0.326 e. The predicted octanol–water partition coefficient (Wildman–Crippen LogP) is 1.36. The van der Waals surface area contributed by atoms with Crippen LogP contribution in [0.4, 0.5) is 5.69 Å². The molecule has 8 nitrogen and oxygen atoms in total. The monoisotopic (exact) mass is 366 g/mol. The lowest BCUT2D eigenvalue weighted by molar-refractivity contribution is -0.136. The minimum absolute atomic E-state index is 0.218. The smallest absolute Gasteiger partial charge is 0.294 e. The van der Waals surface area contributed by atoms with Crippen LogP contribution in [0.3, 0.4) is 0 Å². The van der Waals surface area contributed by atoms with Gasteiger partial charge in [0.2, 0.25) is 5.91 Å². The van der Waals surface area contributed by atoms with Crippen molar-refractivity contribution in [3.8, 4) is 0 Å². The lowest BCUT2D eigenvalue weighted by Gasteiger charge is -2.13. The summed E-state index contributed by atoms with van der Waals surface area (Å²) in [6, 6.07) is 5.33. The van der Waals surface area contributed by atoms with Gasteiger partial charge in [-0.05, 0) is 31.0 Å². The molecule has 1 aromatic carbocycles. The lowest BCUT2D eigenvalue weighted by atomic mass is 10.1. The van der Waals surface area contributed by atoms with E-state index in [0.29, 0.717) is 25.8 Å². The van der Waals surface area contributed by atoms with Crippen molar-refractivity contribution < 1.29 is 27.4 Å². The number of imide groups is 1.